The average Bonchev–Trinajstić information content (AvgIpc) is 2.85. The van der Waals surface area contributed by atoms with Crippen molar-refractivity contribution in [1.82, 2.24) is 4.90 Å². The van der Waals surface area contributed by atoms with Crippen molar-refractivity contribution >= 4 is 17.8 Å². The number of likely N-dealkylation sites (tertiary alicyclic amines) is 1. The number of primary amides is 1. The van der Waals surface area contributed by atoms with E-state index in [4.69, 9.17) is 10.5 Å². The van der Waals surface area contributed by atoms with Crippen molar-refractivity contribution in [2.75, 3.05) is 19.7 Å². The number of esters is 1. The van der Waals surface area contributed by atoms with Gasteiger partial charge in [-0.3, -0.25) is 14.4 Å². The first-order chi connectivity index (χ1) is 10.1. The summed E-state index contributed by atoms with van der Waals surface area (Å²) in [6, 6.07) is 9.84. The Balaban J connectivity index is 1.82. The molecule has 21 heavy (non-hydrogen) atoms. The van der Waals surface area contributed by atoms with Crippen LogP contribution in [0.3, 0.4) is 0 Å². The third kappa shape index (κ3) is 4.30. The molecule has 6 nitrogen and oxygen atoms in total. The summed E-state index contributed by atoms with van der Waals surface area (Å²) in [4.78, 5) is 35.8. The van der Waals surface area contributed by atoms with Gasteiger partial charge in [0.05, 0.1) is 5.92 Å². The number of ether oxygens (including phenoxy) is 1. The van der Waals surface area contributed by atoms with Gasteiger partial charge in [0.2, 0.25) is 5.91 Å². The van der Waals surface area contributed by atoms with Crippen LogP contribution in [0.2, 0.25) is 0 Å². The zero-order valence-corrected chi connectivity index (χ0v) is 11.7. The predicted octanol–water partition coefficient (Wildman–Crippen LogP) is 0.106. The molecule has 0 radical (unpaired) electrons. The largest absolute Gasteiger partial charge is 0.455 e. The number of carbonyl (C=O) groups excluding carboxylic acids is 3. The van der Waals surface area contributed by atoms with E-state index >= 15 is 0 Å². The first kappa shape index (κ1) is 15.0. The fourth-order valence-corrected chi connectivity index (χ4v) is 2.31. The highest BCUT2D eigenvalue weighted by Gasteiger charge is 2.35. The van der Waals surface area contributed by atoms with Crippen molar-refractivity contribution in [2.24, 2.45) is 11.7 Å². The lowest BCUT2D eigenvalue weighted by Gasteiger charge is -2.16. The van der Waals surface area contributed by atoms with Crippen LogP contribution in [0.5, 0.6) is 0 Å². The fourth-order valence-electron chi connectivity index (χ4n) is 2.31. The second kappa shape index (κ2) is 6.88. The van der Waals surface area contributed by atoms with Crippen LogP contribution < -0.4 is 5.73 Å². The van der Waals surface area contributed by atoms with Gasteiger partial charge in [0, 0.05) is 19.5 Å². The van der Waals surface area contributed by atoms with E-state index in [1.807, 2.05) is 30.3 Å². The molecule has 112 valence electrons. The van der Waals surface area contributed by atoms with Gasteiger partial charge in [-0.1, -0.05) is 30.3 Å². The normalized spacial score (nSPS) is 17.8. The quantitative estimate of drug-likeness (QED) is 0.753. The topological polar surface area (TPSA) is 89.7 Å². The second-order valence-electron chi connectivity index (χ2n) is 5.05. The minimum Gasteiger partial charge on any atom is -0.455 e. The summed E-state index contributed by atoms with van der Waals surface area (Å²) in [5, 5.41) is 0. The minimum absolute atomic E-state index is 0.0630. The maximum atomic E-state index is 11.9. The molecule has 1 fully saturated rings. The molecule has 0 spiro atoms. The molecule has 0 saturated carbocycles. The van der Waals surface area contributed by atoms with Gasteiger partial charge in [-0.05, 0) is 12.0 Å². The van der Waals surface area contributed by atoms with Crippen LogP contribution >= 0.6 is 0 Å². The summed E-state index contributed by atoms with van der Waals surface area (Å²) < 4.78 is 4.75. The van der Waals surface area contributed by atoms with Crippen LogP contribution in [0, 0.1) is 5.92 Å². The van der Waals surface area contributed by atoms with E-state index in [1.54, 1.807) is 4.90 Å². The first-order valence-electron chi connectivity index (χ1n) is 6.83. The number of nitrogens with zero attached hydrogens (tertiary/aromatic N) is 1. The van der Waals surface area contributed by atoms with Crippen LogP contribution in [0.25, 0.3) is 0 Å². The predicted molar refractivity (Wildman–Crippen MR) is 75.0 cm³/mol. The lowest BCUT2D eigenvalue weighted by Crippen LogP contribution is -2.29. The molecule has 1 aliphatic heterocycles. The van der Waals surface area contributed by atoms with Crippen molar-refractivity contribution in [3.63, 3.8) is 0 Å². The molecule has 1 aromatic carbocycles. The maximum Gasteiger partial charge on any atom is 0.311 e. The molecular weight excluding hydrogens is 272 g/mol. The summed E-state index contributed by atoms with van der Waals surface area (Å²) in [5.41, 5.74) is 6.06. The van der Waals surface area contributed by atoms with E-state index in [-0.39, 0.29) is 12.3 Å². The summed E-state index contributed by atoms with van der Waals surface area (Å²) in [7, 11) is 0. The fraction of sp³-hybridized carbons (Fsp3) is 0.400. The van der Waals surface area contributed by atoms with Crippen molar-refractivity contribution in [1.29, 1.82) is 0 Å². The molecule has 1 aromatic rings. The van der Waals surface area contributed by atoms with Gasteiger partial charge in [0.25, 0.3) is 5.91 Å². The Bertz CT molecular complexity index is 530. The molecule has 1 atom stereocenters. The number of amides is 2. The van der Waals surface area contributed by atoms with Crippen LogP contribution in [0.15, 0.2) is 30.3 Å². The first-order valence-corrected chi connectivity index (χ1v) is 6.83. The van der Waals surface area contributed by atoms with Gasteiger partial charge in [0.15, 0.2) is 6.61 Å². The van der Waals surface area contributed by atoms with Crippen molar-refractivity contribution < 1.29 is 19.1 Å². The van der Waals surface area contributed by atoms with Crippen LogP contribution in [0.4, 0.5) is 0 Å². The van der Waals surface area contributed by atoms with Crippen molar-refractivity contribution in [3.8, 4) is 0 Å². The van der Waals surface area contributed by atoms with Gasteiger partial charge in [-0.15, -0.1) is 0 Å². The van der Waals surface area contributed by atoms with Crippen molar-refractivity contribution in [3.05, 3.63) is 35.9 Å². The SMILES string of the molecule is NC(=O)COC(=O)[C@@H]1CC(=O)N(CCc2ccccc2)C1. The summed E-state index contributed by atoms with van der Waals surface area (Å²) in [6.45, 7) is 0.471. The highest BCUT2D eigenvalue weighted by atomic mass is 16.5. The van der Waals surface area contributed by atoms with Gasteiger partial charge in [0.1, 0.15) is 0 Å². The third-order valence-electron chi connectivity index (χ3n) is 3.42. The zero-order valence-electron chi connectivity index (χ0n) is 11.7. The van der Waals surface area contributed by atoms with Gasteiger partial charge >= 0.3 is 5.97 Å². The monoisotopic (exact) mass is 290 g/mol. The van der Waals surface area contributed by atoms with E-state index in [0.29, 0.717) is 13.1 Å². The molecule has 1 saturated heterocycles. The standard InChI is InChI=1S/C15H18N2O4/c16-13(18)10-21-15(20)12-8-14(19)17(9-12)7-6-11-4-2-1-3-5-11/h1-5,12H,6-10H2,(H2,16,18)/t12-/m1/s1. The highest BCUT2D eigenvalue weighted by Crippen LogP contribution is 2.19. The Hall–Kier alpha value is -2.37. The molecule has 2 N–H and O–H groups in total. The van der Waals surface area contributed by atoms with E-state index in [2.05, 4.69) is 0 Å². The Labute approximate surface area is 122 Å². The van der Waals surface area contributed by atoms with Gasteiger partial charge in [-0.25, -0.2) is 0 Å². The molecule has 0 unspecified atom stereocenters. The summed E-state index contributed by atoms with van der Waals surface area (Å²) in [5.74, 6) is -1.81. The number of benzene rings is 1. The molecule has 2 amide bonds. The molecule has 0 aliphatic carbocycles. The zero-order chi connectivity index (χ0) is 15.2. The van der Waals surface area contributed by atoms with Crippen LogP contribution in [0.1, 0.15) is 12.0 Å². The van der Waals surface area contributed by atoms with Crippen LogP contribution in [-0.4, -0.2) is 42.4 Å². The average molecular weight is 290 g/mol. The maximum absolute atomic E-state index is 11.9. The van der Waals surface area contributed by atoms with Gasteiger partial charge < -0.3 is 15.4 Å². The number of rotatable bonds is 6. The van der Waals surface area contributed by atoms with E-state index < -0.39 is 24.4 Å². The number of hydrogen-bond donors (Lipinski definition) is 1. The molecule has 0 aromatic heterocycles. The Morgan fingerprint density at radius 3 is 2.67 bits per heavy atom. The number of carbonyl (C=O) groups is 3. The molecule has 6 heteroatoms. The number of hydrogen-bond acceptors (Lipinski definition) is 4. The second-order valence-corrected chi connectivity index (χ2v) is 5.05. The van der Waals surface area contributed by atoms with Gasteiger partial charge in [-0.2, -0.15) is 0 Å². The van der Waals surface area contributed by atoms with Crippen LogP contribution in [-0.2, 0) is 25.5 Å². The summed E-state index contributed by atoms with van der Waals surface area (Å²) in [6.07, 6.45) is 0.877. The van der Waals surface area contributed by atoms with E-state index in [1.165, 1.54) is 0 Å². The minimum atomic E-state index is -0.700. The molecule has 2 rings (SSSR count). The Morgan fingerprint density at radius 1 is 1.29 bits per heavy atom. The smallest absolute Gasteiger partial charge is 0.311 e. The lowest BCUT2D eigenvalue weighted by molar-refractivity contribution is -0.151. The Morgan fingerprint density at radius 2 is 2.00 bits per heavy atom. The molecular formula is C15H18N2O4. The van der Waals surface area contributed by atoms with E-state index in [0.717, 1.165) is 12.0 Å². The summed E-state index contributed by atoms with van der Waals surface area (Å²) >= 11 is 0. The van der Waals surface area contributed by atoms with E-state index in [9.17, 15) is 14.4 Å². The molecule has 1 aliphatic rings. The highest BCUT2D eigenvalue weighted by molar-refractivity contribution is 5.87. The molecule has 1 heterocycles. The third-order valence-corrected chi connectivity index (χ3v) is 3.42. The molecule has 0 bridgehead atoms. The lowest BCUT2D eigenvalue weighted by atomic mass is 10.1. The Kier molecular flexibility index (Phi) is 4.92. The number of nitrogens with two attached hydrogens (primary N) is 1. The van der Waals surface area contributed by atoms with Crippen molar-refractivity contribution in [2.45, 2.75) is 12.8 Å².